The molecular formula is C14H28N2O3. The monoisotopic (exact) mass is 272 g/mol. The predicted octanol–water partition coefficient (Wildman–Crippen LogP) is 1.60. The Morgan fingerprint density at radius 3 is 2.79 bits per heavy atom. The highest BCUT2D eigenvalue weighted by molar-refractivity contribution is 5.69. The number of carbonyl (C=O) groups excluding carboxylic acids is 1. The Morgan fingerprint density at radius 2 is 2.21 bits per heavy atom. The lowest BCUT2D eigenvalue weighted by Gasteiger charge is -2.29. The topological polar surface area (TPSA) is 61.8 Å². The van der Waals surface area contributed by atoms with Gasteiger partial charge < -0.3 is 20.1 Å². The summed E-state index contributed by atoms with van der Waals surface area (Å²) in [5.41, 5.74) is -0.441. The number of ether oxygens (including phenoxy) is 1. The zero-order valence-corrected chi connectivity index (χ0v) is 12.6. The molecule has 1 amide bonds. The number of hydrogen-bond acceptors (Lipinski definition) is 4. The molecule has 0 bridgehead atoms. The lowest BCUT2D eigenvalue weighted by molar-refractivity contribution is 0.0226. The van der Waals surface area contributed by atoms with Gasteiger partial charge in [0.25, 0.3) is 0 Å². The Morgan fingerprint density at radius 1 is 1.53 bits per heavy atom. The fraction of sp³-hybridized carbons (Fsp3) is 0.929. The summed E-state index contributed by atoms with van der Waals surface area (Å²) in [5.74, 6) is 0.247. The van der Waals surface area contributed by atoms with Gasteiger partial charge in [-0.1, -0.05) is 6.92 Å². The molecular weight excluding hydrogens is 244 g/mol. The van der Waals surface area contributed by atoms with Crippen LogP contribution < -0.4 is 5.32 Å². The standard InChI is InChI=1S/C14H28N2O3/c1-11(10-17)8-15-9-12-6-5-7-16(12)13(18)19-14(2,3)4/h11-12,15,17H,5-10H2,1-4H3. The number of likely N-dealkylation sites (tertiary alicyclic amines) is 1. The first kappa shape index (κ1) is 16.2. The van der Waals surface area contributed by atoms with Crippen molar-refractivity contribution in [3.8, 4) is 0 Å². The molecule has 112 valence electrons. The average Bonchev–Trinajstić information content (AvgIpc) is 2.75. The molecule has 0 aromatic heterocycles. The van der Waals surface area contributed by atoms with E-state index in [4.69, 9.17) is 9.84 Å². The van der Waals surface area contributed by atoms with Crippen LogP contribution in [-0.2, 0) is 4.74 Å². The largest absolute Gasteiger partial charge is 0.444 e. The van der Waals surface area contributed by atoms with Gasteiger partial charge >= 0.3 is 6.09 Å². The fourth-order valence-electron chi connectivity index (χ4n) is 2.17. The number of nitrogens with one attached hydrogen (secondary N) is 1. The third-order valence-electron chi connectivity index (χ3n) is 3.19. The summed E-state index contributed by atoms with van der Waals surface area (Å²) >= 11 is 0. The zero-order valence-electron chi connectivity index (χ0n) is 12.6. The number of aliphatic hydroxyl groups is 1. The van der Waals surface area contributed by atoms with Gasteiger partial charge in [-0.3, -0.25) is 0 Å². The molecule has 0 radical (unpaired) electrons. The highest BCUT2D eigenvalue weighted by Gasteiger charge is 2.31. The van der Waals surface area contributed by atoms with Gasteiger partial charge in [0.1, 0.15) is 5.60 Å². The summed E-state index contributed by atoms with van der Waals surface area (Å²) in [7, 11) is 0. The van der Waals surface area contributed by atoms with Gasteiger partial charge in [-0.15, -0.1) is 0 Å². The van der Waals surface area contributed by atoms with E-state index in [1.165, 1.54) is 0 Å². The van der Waals surface area contributed by atoms with Crippen LogP contribution in [0.25, 0.3) is 0 Å². The van der Waals surface area contributed by atoms with E-state index in [2.05, 4.69) is 5.32 Å². The smallest absolute Gasteiger partial charge is 0.410 e. The fourth-order valence-corrected chi connectivity index (χ4v) is 2.17. The molecule has 1 aliphatic heterocycles. The third kappa shape index (κ3) is 5.78. The predicted molar refractivity (Wildman–Crippen MR) is 75.1 cm³/mol. The second-order valence-corrected chi connectivity index (χ2v) is 6.42. The third-order valence-corrected chi connectivity index (χ3v) is 3.19. The molecule has 1 heterocycles. The van der Waals surface area contributed by atoms with Crippen LogP contribution in [0.15, 0.2) is 0 Å². The van der Waals surface area contributed by atoms with Crippen LogP contribution in [0.3, 0.4) is 0 Å². The minimum atomic E-state index is -0.441. The van der Waals surface area contributed by atoms with Crippen molar-refractivity contribution in [3.05, 3.63) is 0 Å². The molecule has 0 spiro atoms. The minimum absolute atomic E-state index is 0.188. The van der Waals surface area contributed by atoms with Gasteiger partial charge in [-0.05, 0) is 46.1 Å². The lowest BCUT2D eigenvalue weighted by atomic mass is 10.2. The number of aliphatic hydroxyl groups excluding tert-OH is 1. The minimum Gasteiger partial charge on any atom is -0.444 e. The molecule has 0 aromatic rings. The van der Waals surface area contributed by atoms with Crippen LogP contribution in [0.2, 0.25) is 0 Å². The van der Waals surface area contributed by atoms with Crippen molar-refractivity contribution in [3.63, 3.8) is 0 Å². The molecule has 1 rings (SSSR count). The molecule has 5 nitrogen and oxygen atoms in total. The first-order valence-electron chi connectivity index (χ1n) is 7.14. The van der Waals surface area contributed by atoms with Crippen LogP contribution in [0, 0.1) is 5.92 Å². The zero-order chi connectivity index (χ0) is 14.5. The molecule has 0 aliphatic carbocycles. The van der Waals surface area contributed by atoms with Crippen LogP contribution in [-0.4, -0.2) is 54.0 Å². The molecule has 2 atom stereocenters. The highest BCUT2D eigenvalue weighted by Crippen LogP contribution is 2.20. The highest BCUT2D eigenvalue weighted by atomic mass is 16.6. The van der Waals surface area contributed by atoms with Crippen molar-refractivity contribution in [1.29, 1.82) is 0 Å². The number of amides is 1. The van der Waals surface area contributed by atoms with Crippen molar-refractivity contribution >= 4 is 6.09 Å². The van der Waals surface area contributed by atoms with Gasteiger partial charge in [0, 0.05) is 25.7 Å². The lowest BCUT2D eigenvalue weighted by Crippen LogP contribution is -2.44. The first-order valence-corrected chi connectivity index (χ1v) is 7.14. The van der Waals surface area contributed by atoms with E-state index < -0.39 is 5.60 Å². The number of hydrogen-bond donors (Lipinski definition) is 2. The first-order chi connectivity index (χ1) is 8.83. The van der Waals surface area contributed by atoms with Gasteiger partial charge in [0.15, 0.2) is 0 Å². The maximum Gasteiger partial charge on any atom is 0.410 e. The molecule has 1 fully saturated rings. The van der Waals surface area contributed by atoms with Crippen LogP contribution in [0.1, 0.15) is 40.5 Å². The normalized spacial score (nSPS) is 21.5. The molecule has 5 heteroatoms. The molecule has 2 N–H and O–H groups in total. The van der Waals surface area contributed by atoms with Crippen LogP contribution in [0.4, 0.5) is 4.79 Å². The molecule has 2 unspecified atom stereocenters. The maximum atomic E-state index is 12.1. The number of nitrogens with zero attached hydrogens (tertiary/aromatic N) is 1. The van der Waals surface area contributed by atoms with Crippen LogP contribution >= 0.6 is 0 Å². The Bertz CT molecular complexity index is 289. The number of rotatable bonds is 5. The Hall–Kier alpha value is -0.810. The van der Waals surface area contributed by atoms with Crippen molar-refractivity contribution in [2.75, 3.05) is 26.2 Å². The van der Waals surface area contributed by atoms with Gasteiger partial charge in [-0.25, -0.2) is 4.79 Å². The summed E-state index contributed by atoms with van der Waals surface area (Å²) < 4.78 is 5.42. The van der Waals surface area contributed by atoms with Gasteiger partial charge in [0.05, 0.1) is 0 Å². The molecule has 1 saturated heterocycles. The molecule has 0 aromatic carbocycles. The van der Waals surface area contributed by atoms with E-state index >= 15 is 0 Å². The van der Waals surface area contributed by atoms with Crippen LogP contribution in [0.5, 0.6) is 0 Å². The second-order valence-electron chi connectivity index (χ2n) is 6.42. The summed E-state index contributed by atoms with van der Waals surface area (Å²) in [5, 5.41) is 12.3. The van der Waals surface area contributed by atoms with Gasteiger partial charge in [-0.2, -0.15) is 0 Å². The van der Waals surface area contributed by atoms with E-state index in [1.54, 1.807) is 0 Å². The summed E-state index contributed by atoms with van der Waals surface area (Å²) in [6.07, 6.45) is 1.83. The Labute approximate surface area is 116 Å². The molecule has 1 aliphatic rings. The second kappa shape index (κ2) is 7.10. The summed E-state index contributed by atoms with van der Waals surface area (Å²) in [4.78, 5) is 13.9. The van der Waals surface area contributed by atoms with E-state index in [0.29, 0.717) is 0 Å². The van der Waals surface area contributed by atoms with E-state index in [0.717, 1.165) is 32.5 Å². The Balaban J connectivity index is 2.39. The maximum absolute atomic E-state index is 12.1. The van der Waals surface area contributed by atoms with Crippen molar-refractivity contribution in [2.45, 2.75) is 52.2 Å². The summed E-state index contributed by atoms with van der Waals surface area (Å²) in [6, 6.07) is 0.209. The van der Waals surface area contributed by atoms with Gasteiger partial charge in [0.2, 0.25) is 0 Å². The van der Waals surface area contributed by atoms with Crippen molar-refractivity contribution < 1.29 is 14.6 Å². The molecule has 19 heavy (non-hydrogen) atoms. The van der Waals surface area contributed by atoms with Crippen molar-refractivity contribution in [1.82, 2.24) is 10.2 Å². The van der Waals surface area contributed by atoms with Crippen molar-refractivity contribution in [2.24, 2.45) is 5.92 Å². The van der Waals surface area contributed by atoms with E-state index in [1.807, 2.05) is 32.6 Å². The average molecular weight is 272 g/mol. The van der Waals surface area contributed by atoms with E-state index in [9.17, 15) is 4.79 Å². The molecule has 0 saturated carbocycles. The quantitative estimate of drug-likeness (QED) is 0.798. The van der Waals surface area contributed by atoms with E-state index in [-0.39, 0.29) is 24.7 Å². The summed E-state index contributed by atoms with van der Waals surface area (Å²) in [6.45, 7) is 10.2. The number of carbonyl (C=O) groups is 1. The SMILES string of the molecule is CC(CO)CNCC1CCCN1C(=O)OC(C)(C)C. The Kier molecular flexibility index (Phi) is 6.07.